The molecule has 2 aromatic carbocycles. The summed E-state index contributed by atoms with van der Waals surface area (Å²) in [6.45, 7) is 5.30. The van der Waals surface area contributed by atoms with Crippen LogP contribution in [0.5, 0.6) is 0 Å². The van der Waals surface area contributed by atoms with Crippen molar-refractivity contribution in [1.82, 2.24) is 20.0 Å². The molecule has 8 nitrogen and oxygen atoms in total. The second kappa shape index (κ2) is 11.5. The molecule has 2 aliphatic rings. The van der Waals surface area contributed by atoms with Gasteiger partial charge in [-0.2, -0.15) is 0 Å². The first-order valence-corrected chi connectivity index (χ1v) is 12.0. The van der Waals surface area contributed by atoms with E-state index in [1.165, 1.54) is 5.56 Å². The van der Waals surface area contributed by atoms with E-state index < -0.39 is 6.04 Å². The molecule has 2 aromatic rings. The van der Waals surface area contributed by atoms with Crippen molar-refractivity contribution in [1.29, 1.82) is 0 Å². The maximum absolute atomic E-state index is 13.1. The highest BCUT2D eigenvalue weighted by atomic mass is 35.5. The Morgan fingerprint density at radius 1 is 0.941 bits per heavy atom. The van der Waals surface area contributed by atoms with Crippen LogP contribution in [0.15, 0.2) is 54.6 Å². The van der Waals surface area contributed by atoms with Crippen LogP contribution in [0, 0.1) is 0 Å². The molecule has 1 unspecified atom stereocenters. The Bertz CT molecular complexity index is 993. The Morgan fingerprint density at radius 2 is 1.62 bits per heavy atom. The lowest BCUT2D eigenvalue weighted by atomic mass is 10.1. The van der Waals surface area contributed by atoms with Crippen LogP contribution in [0.4, 0.5) is 5.69 Å². The minimum absolute atomic E-state index is 0.0922. The fourth-order valence-corrected chi connectivity index (χ4v) is 4.49. The van der Waals surface area contributed by atoms with Crippen LogP contribution >= 0.6 is 11.6 Å². The van der Waals surface area contributed by atoms with Gasteiger partial charge in [-0.1, -0.05) is 41.9 Å². The van der Waals surface area contributed by atoms with Crippen LogP contribution in [-0.4, -0.2) is 84.3 Å². The van der Waals surface area contributed by atoms with E-state index in [4.69, 9.17) is 11.6 Å². The van der Waals surface area contributed by atoms with Crippen molar-refractivity contribution in [3.05, 3.63) is 65.2 Å². The van der Waals surface area contributed by atoms with Crippen molar-refractivity contribution in [2.45, 2.75) is 19.0 Å². The zero-order valence-electron chi connectivity index (χ0n) is 19.1. The summed E-state index contributed by atoms with van der Waals surface area (Å²) < 4.78 is 0. The van der Waals surface area contributed by atoms with Crippen molar-refractivity contribution >= 4 is 35.0 Å². The van der Waals surface area contributed by atoms with Gasteiger partial charge in [0, 0.05) is 56.5 Å². The van der Waals surface area contributed by atoms with Crippen LogP contribution in [0.2, 0.25) is 5.02 Å². The number of halogens is 1. The summed E-state index contributed by atoms with van der Waals surface area (Å²) in [5.41, 5.74) is 1.88. The van der Waals surface area contributed by atoms with Gasteiger partial charge in [-0.25, -0.2) is 0 Å². The number of carbonyl (C=O) groups is 3. The van der Waals surface area contributed by atoms with Crippen LogP contribution in [-0.2, 0) is 20.9 Å². The highest BCUT2D eigenvalue weighted by Gasteiger charge is 2.35. The number of amides is 3. The number of piperazine rings is 2. The maximum Gasteiger partial charge on any atom is 0.243 e. The Hall–Kier alpha value is -2.94. The first-order valence-electron chi connectivity index (χ1n) is 11.6. The monoisotopic (exact) mass is 483 g/mol. The fourth-order valence-electron chi connectivity index (χ4n) is 4.37. The molecular weight excluding hydrogens is 454 g/mol. The molecule has 2 fully saturated rings. The van der Waals surface area contributed by atoms with Gasteiger partial charge in [-0.05, 0) is 29.8 Å². The topological polar surface area (TPSA) is 85.0 Å². The summed E-state index contributed by atoms with van der Waals surface area (Å²) in [6, 6.07) is 16.3. The van der Waals surface area contributed by atoms with Gasteiger partial charge in [-0.3, -0.25) is 24.2 Å². The normalized spacial score (nSPS) is 19.5. The third-order valence-electron chi connectivity index (χ3n) is 6.23. The molecule has 0 spiro atoms. The Kier molecular flexibility index (Phi) is 8.16. The largest absolute Gasteiger partial charge is 0.353 e. The molecule has 0 bridgehead atoms. The molecule has 34 heavy (non-hydrogen) atoms. The van der Waals surface area contributed by atoms with Gasteiger partial charge in [0.25, 0.3) is 0 Å². The summed E-state index contributed by atoms with van der Waals surface area (Å²) in [4.78, 5) is 44.3. The van der Waals surface area contributed by atoms with Crippen molar-refractivity contribution in [2.75, 3.05) is 51.1 Å². The van der Waals surface area contributed by atoms with Crippen molar-refractivity contribution in [2.24, 2.45) is 0 Å². The van der Waals surface area contributed by atoms with Crippen LogP contribution in [0.3, 0.4) is 0 Å². The van der Waals surface area contributed by atoms with Crippen molar-refractivity contribution < 1.29 is 14.4 Å². The lowest BCUT2D eigenvalue weighted by Gasteiger charge is -2.38. The quantitative estimate of drug-likeness (QED) is 0.627. The Morgan fingerprint density at radius 3 is 2.32 bits per heavy atom. The highest BCUT2D eigenvalue weighted by Crippen LogP contribution is 2.16. The molecule has 0 radical (unpaired) electrons. The molecule has 2 saturated heterocycles. The van der Waals surface area contributed by atoms with Gasteiger partial charge in [0.2, 0.25) is 17.7 Å². The number of benzene rings is 2. The highest BCUT2D eigenvalue weighted by molar-refractivity contribution is 6.30. The molecule has 0 saturated carbocycles. The van der Waals surface area contributed by atoms with E-state index in [0.29, 0.717) is 23.8 Å². The van der Waals surface area contributed by atoms with Gasteiger partial charge in [0.15, 0.2) is 0 Å². The predicted molar refractivity (Wildman–Crippen MR) is 131 cm³/mol. The average Bonchev–Trinajstić information content (AvgIpc) is 2.84. The van der Waals surface area contributed by atoms with E-state index in [1.54, 1.807) is 29.2 Å². The lowest BCUT2D eigenvalue weighted by molar-refractivity contribution is -0.145. The third kappa shape index (κ3) is 6.56. The van der Waals surface area contributed by atoms with E-state index >= 15 is 0 Å². The zero-order chi connectivity index (χ0) is 23.9. The lowest BCUT2D eigenvalue weighted by Crippen LogP contribution is -2.60. The SMILES string of the molecule is O=C(CC1C(=O)NCCN1C(=O)CN1CCN(Cc2ccccc2)CC1)Nc1ccc(Cl)cc1. The van der Waals surface area contributed by atoms with Gasteiger partial charge in [-0.15, -0.1) is 0 Å². The second-order valence-electron chi connectivity index (χ2n) is 8.69. The Balaban J connectivity index is 1.29. The maximum atomic E-state index is 13.1. The molecule has 0 aliphatic carbocycles. The fraction of sp³-hybridized carbons (Fsp3) is 0.400. The first kappa shape index (κ1) is 24.2. The van der Waals surface area contributed by atoms with Crippen LogP contribution in [0.1, 0.15) is 12.0 Å². The molecule has 180 valence electrons. The van der Waals surface area contributed by atoms with E-state index in [1.807, 2.05) is 18.2 Å². The molecule has 0 aromatic heterocycles. The van der Waals surface area contributed by atoms with E-state index in [0.717, 1.165) is 32.7 Å². The van der Waals surface area contributed by atoms with Gasteiger partial charge in [0.05, 0.1) is 13.0 Å². The number of nitrogens with zero attached hydrogens (tertiary/aromatic N) is 3. The molecule has 9 heteroatoms. The minimum atomic E-state index is -0.812. The van der Waals surface area contributed by atoms with E-state index in [2.05, 4.69) is 32.6 Å². The van der Waals surface area contributed by atoms with E-state index in [-0.39, 0.29) is 30.7 Å². The number of nitrogens with one attached hydrogen (secondary N) is 2. The average molecular weight is 484 g/mol. The van der Waals surface area contributed by atoms with Gasteiger partial charge < -0.3 is 15.5 Å². The predicted octanol–water partition coefficient (Wildman–Crippen LogP) is 1.81. The summed E-state index contributed by atoms with van der Waals surface area (Å²) in [7, 11) is 0. The minimum Gasteiger partial charge on any atom is -0.353 e. The summed E-state index contributed by atoms with van der Waals surface area (Å²) in [5.74, 6) is -0.731. The molecule has 2 N–H and O–H groups in total. The number of hydrogen-bond donors (Lipinski definition) is 2. The summed E-state index contributed by atoms with van der Waals surface area (Å²) in [5, 5.41) is 6.12. The number of rotatable bonds is 7. The van der Waals surface area contributed by atoms with Gasteiger partial charge >= 0.3 is 0 Å². The smallest absolute Gasteiger partial charge is 0.243 e. The number of anilines is 1. The summed E-state index contributed by atoms with van der Waals surface area (Å²) >= 11 is 5.88. The summed E-state index contributed by atoms with van der Waals surface area (Å²) in [6.07, 6.45) is -0.0922. The van der Waals surface area contributed by atoms with Crippen LogP contribution in [0.25, 0.3) is 0 Å². The molecule has 3 amide bonds. The van der Waals surface area contributed by atoms with Crippen LogP contribution < -0.4 is 10.6 Å². The molecular formula is C25H30ClN5O3. The molecule has 1 atom stereocenters. The standard InChI is InChI=1S/C25H30ClN5O3/c26-20-6-8-21(9-7-20)28-23(32)16-22-25(34)27-10-11-31(22)24(33)18-30-14-12-29(13-15-30)17-19-4-2-1-3-5-19/h1-9,22H,10-18H2,(H,27,34)(H,28,32). The van der Waals surface area contributed by atoms with Gasteiger partial charge in [0.1, 0.15) is 6.04 Å². The molecule has 2 heterocycles. The second-order valence-corrected chi connectivity index (χ2v) is 9.13. The van der Waals surface area contributed by atoms with Crippen molar-refractivity contribution in [3.8, 4) is 0 Å². The number of carbonyl (C=O) groups excluding carboxylic acids is 3. The molecule has 2 aliphatic heterocycles. The number of hydrogen-bond acceptors (Lipinski definition) is 5. The Labute approximate surface area is 204 Å². The molecule has 4 rings (SSSR count). The van der Waals surface area contributed by atoms with E-state index in [9.17, 15) is 14.4 Å². The van der Waals surface area contributed by atoms with Crippen molar-refractivity contribution in [3.63, 3.8) is 0 Å². The third-order valence-corrected chi connectivity index (χ3v) is 6.48. The zero-order valence-corrected chi connectivity index (χ0v) is 19.8. The first-order chi connectivity index (χ1) is 16.5.